The van der Waals surface area contributed by atoms with Gasteiger partial charge in [0.15, 0.2) is 11.6 Å². The Hall–Kier alpha value is -1.78. The molecule has 2 aromatic rings. The molecule has 0 radical (unpaired) electrons. The summed E-state index contributed by atoms with van der Waals surface area (Å²) >= 11 is 6.24. The van der Waals surface area contributed by atoms with Crippen molar-refractivity contribution in [2.45, 2.75) is 6.54 Å². The maximum atomic E-state index is 13.4. The summed E-state index contributed by atoms with van der Waals surface area (Å²) < 4.78 is 13.4. The lowest BCUT2D eigenvalue weighted by Gasteiger charge is -2.36. The summed E-state index contributed by atoms with van der Waals surface area (Å²) in [5.41, 5.74) is 1.95. The normalized spacial score (nSPS) is 16.0. The lowest BCUT2D eigenvalue weighted by molar-refractivity contribution is 0.249. The van der Waals surface area contributed by atoms with Crippen LogP contribution in [-0.2, 0) is 6.54 Å². The van der Waals surface area contributed by atoms with Gasteiger partial charge in [-0.05, 0) is 29.8 Å². The summed E-state index contributed by atoms with van der Waals surface area (Å²) in [6.07, 6.45) is 0. The first-order valence-corrected chi connectivity index (χ1v) is 7.70. The number of hydrogen-bond acceptors (Lipinski definition) is 3. The van der Waals surface area contributed by atoms with E-state index in [0.29, 0.717) is 6.54 Å². The van der Waals surface area contributed by atoms with Crippen LogP contribution in [0.4, 0.5) is 10.1 Å². The molecule has 0 bridgehead atoms. The van der Waals surface area contributed by atoms with Crippen LogP contribution in [0.1, 0.15) is 5.56 Å². The van der Waals surface area contributed by atoms with Gasteiger partial charge in [0.05, 0.1) is 10.7 Å². The Bertz CT molecular complexity index is 657. The average Bonchev–Trinajstić information content (AvgIpc) is 2.52. The van der Waals surface area contributed by atoms with Crippen molar-refractivity contribution in [3.63, 3.8) is 0 Å². The van der Waals surface area contributed by atoms with Gasteiger partial charge in [0, 0.05) is 32.7 Å². The van der Waals surface area contributed by atoms with Crippen LogP contribution in [0.5, 0.6) is 5.75 Å². The molecule has 1 aliphatic rings. The summed E-state index contributed by atoms with van der Waals surface area (Å²) in [7, 11) is 0. The zero-order valence-electron chi connectivity index (χ0n) is 12.2. The van der Waals surface area contributed by atoms with Crippen molar-refractivity contribution in [2.75, 3.05) is 31.1 Å². The molecule has 0 saturated carbocycles. The van der Waals surface area contributed by atoms with Gasteiger partial charge in [0.25, 0.3) is 0 Å². The number of phenolic OH excluding ortho intramolecular Hbond substituents is 1. The summed E-state index contributed by atoms with van der Waals surface area (Å²) in [5, 5.41) is 10.0. The minimum atomic E-state index is -0.563. The second-order valence-corrected chi connectivity index (χ2v) is 5.91. The van der Waals surface area contributed by atoms with E-state index in [9.17, 15) is 9.50 Å². The Morgan fingerprint density at radius 1 is 1.05 bits per heavy atom. The number of hydrogen-bond donors (Lipinski definition) is 1. The molecule has 1 heterocycles. The molecule has 116 valence electrons. The van der Waals surface area contributed by atoms with Crippen LogP contribution in [0.25, 0.3) is 0 Å². The largest absolute Gasteiger partial charge is 0.505 e. The number of anilines is 1. The second kappa shape index (κ2) is 6.55. The predicted molar refractivity (Wildman–Crippen MR) is 87.0 cm³/mol. The Kier molecular flexibility index (Phi) is 4.50. The number of rotatable bonds is 3. The molecule has 1 fully saturated rings. The van der Waals surface area contributed by atoms with Crippen LogP contribution in [0.2, 0.25) is 5.02 Å². The summed E-state index contributed by atoms with van der Waals surface area (Å²) in [6.45, 7) is 4.27. The van der Waals surface area contributed by atoms with Gasteiger partial charge in [0.1, 0.15) is 0 Å². The van der Waals surface area contributed by atoms with E-state index in [1.54, 1.807) is 6.07 Å². The Morgan fingerprint density at radius 3 is 2.45 bits per heavy atom. The van der Waals surface area contributed by atoms with Gasteiger partial charge in [-0.1, -0.05) is 29.8 Å². The Balaban J connectivity index is 1.60. The van der Waals surface area contributed by atoms with E-state index in [1.165, 1.54) is 12.1 Å². The number of benzene rings is 2. The van der Waals surface area contributed by atoms with Gasteiger partial charge in [0.2, 0.25) is 0 Å². The van der Waals surface area contributed by atoms with E-state index in [0.717, 1.165) is 42.5 Å². The van der Waals surface area contributed by atoms with Gasteiger partial charge in [-0.3, -0.25) is 4.90 Å². The lowest BCUT2D eigenvalue weighted by Crippen LogP contribution is -2.46. The van der Waals surface area contributed by atoms with Gasteiger partial charge in [-0.25, -0.2) is 4.39 Å². The second-order valence-electron chi connectivity index (χ2n) is 5.50. The number of aromatic hydroxyl groups is 1. The third-order valence-corrected chi connectivity index (χ3v) is 4.30. The first-order chi connectivity index (χ1) is 10.6. The van der Waals surface area contributed by atoms with Crippen molar-refractivity contribution < 1.29 is 9.50 Å². The quantitative estimate of drug-likeness (QED) is 0.937. The fourth-order valence-corrected chi connectivity index (χ4v) is 3.02. The third kappa shape index (κ3) is 3.34. The molecule has 0 unspecified atom stereocenters. The van der Waals surface area contributed by atoms with Crippen LogP contribution in [0, 0.1) is 5.82 Å². The van der Waals surface area contributed by atoms with E-state index >= 15 is 0 Å². The molecule has 0 aliphatic carbocycles. The van der Waals surface area contributed by atoms with Crippen LogP contribution >= 0.6 is 11.6 Å². The number of phenols is 1. The highest BCUT2D eigenvalue weighted by molar-refractivity contribution is 6.33. The molecule has 3 nitrogen and oxygen atoms in total. The van der Waals surface area contributed by atoms with Crippen LogP contribution in [0.3, 0.4) is 0 Å². The zero-order chi connectivity index (χ0) is 15.5. The fraction of sp³-hybridized carbons (Fsp3) is 0.294. The lowest BCUT2D eigenvalue weighted by atomic mass is 10.1. The summed E-state index contributed by atoms with van der Waals surface area (Å²) in [5.74, 6) is -0.862. The van der Waals surface area contributed by atoms with E-state index in [2.05, 4.69) is 9.80 Å². The maximum Gasteiger partial charge on any atom is 0.165 e. The molecule has 1 saturated heterocycles. The van der Waals surface area contributed by atoms with E-state index in [-0.39, 0.29) is 5.75 Å². The third-order valence-electron chi connectivity index (χ3n) is 3.98. The summed E-state index contributed by atoms with van der Waals surface area (Å²) in [6, 6.07) is 12.4. The SMILES string of the molecule is Oc1ccc(CN2CCN(c3ccccc3Cl)CC2)cc1F. The summed E-state index contributed by atoms with van der Waals surface area (Å²) in [4.78, 5) is 4.55. The first-order valence-electron chi connectivity index (χ1n) is 7.33. The van der Waals surface area contributed by atoms with Crippen LogP contribution in [-0.4, -0.2) is 36.2 Å². The van der Waals surface area contributed by atoms with Gasteiger partial charge in [-0.2, -0.15) is 0 Å². The maximum absolute atomic E-state index is 13.4. The van der Waals surface area contributed by atoms with Crippen molar-refractivity contribution in [1.29, 1.82) is 0 Å². The zero-order valence-corrected chi connectivity index (χ0v) is 12.9. The fourth-order valence-electron chi connectivity index (χ4n) is 2.76. The molecule has 2 aromatic carbocycles. The minimum Gasteiger partial charge on any atom is -0.505 e. The smallest absolute Gasteiger partial charge is 0.165 e. The molecule has 3 rings (SSSR count). The van der Waals surface area contributed by atoms with Gasteiger partial charge < -0.3 is 10.0 Å². The molecule has 0 aromatic heterocycles. The highest BCUT2D eigenvalue weighted by Gasteiger charge is 2.19. The number of piperazine rings is 1. The topological polar surface area (TPSA) is 26.7 Å². The minimum absolute atomic E-state index is 0.299. The monoisotopic (exact) mass is 320 g/mol. The standard InChI is InChI=1S/C17H18ClFN2O/c18-14-3-1-2-4-16(14)21-9-7-20(8-10-21)12-13-5-6-17(22)15(19)11-13/h1-6,11,22H,7-10,12H2. The predicted octanol–water partition coefficient (Wildman–Crippen LogP) is 3.51. The molecule has 0 amide bonds. The molecule has 0 spiro atoms. The molecule has 1 aliphatic heterocycles. The van der Waals surface area contributed by atoms with Crippen molar-refractivity contribution >= 4 is 17.3 Å². The van der Waals surface area contributed by atoms with Gasteiger partial charge >= 0.3 is 0 Å². The van der Waals surface area contributed by atoms with Crippen molar-refractivity contribution in [1.82, 2.24) is 4.90 Å². The van der Waals surface area contributed by atoms with Crippen molar-refractivity contribution in [3.05, 3.63) is 58.9 Å². The number of halogens is 2. The van der Waals surface area contributed by atoms with Crippen molar-refractivity contribution in [2.24, 2.45) is 0 Å². The molecule has 1 N–H and O–H groups in total. The van der Waals surface area contributed by atoms with Crippen LogP contribution in [0.15, 0.2) is 42.5 Å². The number of nitrogens with zero attached hydrogens (tertiary/aromatic N) is 2. The average molecular weight is 321 g/mol. The Labute approximate surface area is 134 Å². The van der Waals surface area contributed by atoms with E-state index < -0.39 is 5.82 Å². The first kappa shape index (κ1) is 15.1. The Morgan fingerprint density at radius 2 is 1.77 bits per heavy atom. The van der Waals surface area contributed by atoms with Gasteiger partial charge in [-0.15, -0.1) is 0 Å². The number of para-hydroxylation sites is 1. The van der Waals surface area contributed by atoms with E-state index in [4.69, 9.17) is 11.6 Å². The molecule has 5 heteroatoms. The van der Waals surface area contributed by atoms with Crippen LogP contribution < -0.4 is 4.90 Å². The van der Waals surface area contributed by atoms with E-state index in [1.807, 2.05) is 24.3 Å². The van der Waals surface area contributed by atoms with Crippen molar-refractivity contribution in [3.8, 4) is 5.75 Å². The molecule has 22 heavy (non-hydrogen) atoms. The highest BCUT2D eigenvalue weighted by atomic mass is 35.5. The molecular weight excluding hydrogens is 303 g/mol. The molecular formula is C17H18ClFN2O. The molecule has 0 atom stereocenters. The highest BCUT2D eigenvalue weighted by Crippen LogP contribution is 2.26.